The molecule has 3 heteroatoms. The largest absolute Gasteiger partial charge is 0.349 e. The Balaban J connectivity index is 2.12. The van der Waals surface area contributed by atoms with Crippen molar-refractivity contribution in [3.8, 4) is 11.8 Å². The van der Waals surface area contributed by atoms with E-state index in [9.17, 15) is 4.79 Å². The molecule has 3 nitrogen and oxygen atoms in total. The van der Waals surface area contributed by atoms with E-state index in [1.54, 1.807) is 0 Å². The monoisotopic (exact) mass is 256 g/mol. The lowest BCUT2D eigenvalue weighted by Crippen LogP contribution is -2.32. The molecule has 1 aromatic rings. The van der Waals surface area contributed by atoms with Gasteiger partial charge in [0.15, 0.2) is 0 Å². The lowest BCUT2D eigenvalue weighted by molar-refractivity contribution is 0.0938. The zero-order valence-corrected chi connectivity index (χ0v) is 11.3. The maximum atomic E-state index is 12.2. The summed E-state index contributed by atoms with van der Waals surface area (Å²) in [6.07, 6.45) is 4.62. The second-order valence-corrected chi connectivity index (χ2v) is 4.99. The van der Waals surface area contributed by atoms with E-state index in [0.717, 1.165) is 24.0 Å². The highest BCUT2D eigenvalue weighted by atomic mass is 16.1. The first-order valence-corrected chi connectivity index (χ1v) is 6.81. The number of amides is 1. The molecule has 19 heavy (non-hydrogen) atoms. The van der Waals surface area contributed by atoms with Crippen LogP contribution in [0.25, 0.3) is 0 Å². The van der Waals surface area contributed by atoms with E-state index in [1.165, 1.54) is 12.8 Å². The molecule has 0 atom stereocenters. The highest BCUT2D eigenvalue weighted by molar-refractivity contribution is 5.94. The van der Waals surface area contributed by atoms with Crippen LogP contribution in [0.1, 0.15) is 47.2 Å². The molecule has 1 saturated carbocycles. The number of rotatable bonds is 2. The molecule has 1 aromatic carbocycles. The summed E-state index contributed by atoms with van der Waals surface area (Å²) < 4.78 is 0. The molecule has 1 aliphatic carbocycles. The van der Waals surface area contributed by atoms with Crippen LogP contribution >= 0.6 is 0 Å². The standard InChI is InChI=1S/C16H20N2O/c1-12-8-9-14(11-13(12)5-4-10-17)16(19)18-15-6-2-3-7-15/h8-9,11,15H,2-3,6-7,10,17H2,1H3,(H,18,19). The molecular formula is C16H20N2O. The summed E-state index contributed by atoms with van der Waals surface area (Å²) in [5, 5.41) is 3.09. The number of benzene rings is 1. The third-order valence-electron chi connectivity index (χ3n) is 3.52. The number of aryl methyl sites for hydroxylation is 1. The van der Waals surface area contributed by atoms with Gasteiger partial charge in [0.05, 0.1) is 6.54 Å². The predicted molar refractivity (Wildman–Crippen MR) is 76.8 cm³/mol. The Labute approximate surface area is 114 Å². The van der Waals surface area contributed by atoms with Crippen LogP contribution in [0, 0.1) is 18.8 Å². The van der Waals surface area contributed by atoms with Crippen molar-refractivity contribution in [3.05, 3.63) is 34.9 Å². The number of nitrogens with one attached hydrogen (secondary N) is 1. The molecule has 0 bridgehead atoms. The van der Waals surface area contributed by atoms with Gasteiger partial charge >= 0.3 is 0 Å². The number of hydrogen-bond donors (Lipinski definition) is 2. The number of carbonyl (C=O) groups is 1. The van der Waals surface area contributed by atoms with E-state index in [0.29, 0.717) is 18.2 Å². The Hall–Kier alpha value is -1.79. The van der Waals surface area contributed by atoms with E-state index >= 15 is 0 Å². The Morgan fingerprint density at radius 1 is 1.42 bits per heavy atom. The highest BCUT2D eigenvalue weighted by Crippen LogP contribution is 2.18. The molecule has 0 saturated heterocycles. The van der Waals surface area contributed by atoms with Gasteiger partial charge in [-0.1, -0.05) is 30.7 Å². The third-order valence-corrected chi connectivity index (χ3v) is 3.52. The highest BCUT2D eigenvalue weighted by Gasteiger charge is 2.18. The van der Waals surface area contributed by atoms with Gasteiger partial charge in [0.2, 0.25) is 0 Å². The van der Waals surface area contributed by atoms with Crippen molar-refractivity contribution in [2.45, 2.75) is 38.6 Å². The van der Waals surface area contributed by atoms with Crippen molar-refractivity contribution in [2.75, 3.05) is 6.54 Å². The summed E-state index contributed by atoms with van der Waals surface area (Å²) >= 11 is 0. The van der Waals surface area contributed by atoms with Crippen molar-refractivity contribution in [1.29, 1.82) is 0 Å². The first-order valence-electron chi connectivity index (χ1n) is 6.81. The van der Waals surface area contributed by atoms with Crippen LogP contribution in [0.15, 0.2) is 18.2 Å². The average molecular weight is 256 g/mol. The second kappa shape index (κ2) is 6.40. The van der Waals surface area contributed by atoms with Gasteiger partial charge in [0.25, 0.3) is 5.91 Å². The van der Waals surface area contributed by atoms with E-state index in [2.05, 4.69) is 17.2 Å². The fraction of sp³-hybridized carbons (Fsp3) is 0.438. The minimum Gasteiger partial charge on any atom is -0.349 e. The first kappa shape index (κ1) is 13.6. The van der Waals surface area contributed by atoms with E-state index < -0.39 is 0 Å². The number of carbonyl (C=O) groups excluding carboxylic acids is 1. The first-order chi connectivity index (χ1) is 9.20. The van der Waals surface area contributed by atoms with Gasteiger partial charge in [-0.2, -0.15) is 0 Å². The lowest BCUT2D eigenvalue weighted by Gasteiger charge is -2.12. The van der Waals surface area contributed by atoms with Crippen LogP contribution in [0.2, 0.25) is 0 Å². The van der Waals surface area contributed by atoms with Gasteiger partial charge in [0, 0.05) is 17.2 Å². The normalized spacial score (nSPS) is 14.8. The molecular weight excluding hydrogens is 236 g/mol. The zero-order chi connectivity index (χ0) is 13.7. The van der Waals surface area contributed by atoms with Crippen molar-refractivity contribution in [3.63, 3.8) is 0 Å². The fourth-order valence-electron chi connectivity index (χ4n) is 2.38. The van der Waals surface area contributed by atoms with Crippen LogP contribution in [0.3, 0.4) is 0 Å². The van der Waals surface area contributed by atoms with Crippen LogP contribution in [0.4, 0.5) is 0 Å². The van der Waals surface area contributed by atoms with Crippen LogP contribution in [0.5, 0.6) is 0 Å². The molecule has 0 heterocycles. The van der Waals surface area contributed by atoms with Gasteiger partial charge < -0.3 is 11.1 Å². The van der Waals surface area contributed by atoms with Crippen LogP contribution < -0.4 is 11.1 Å². The number of hydrogen-bond acceptors (Lipinski definition) is 2. The average Bonchev–Trinajstić information content (AvgIpc) is 2.90. The second-order valence-electron chi connectivity index (χ2n) is 4.99. The molecule has 0 aromatic heterocycles. The summed E-state index contributed by atoms with van der Waals surface area (Å²) in [5.74, 6) is 5.84. The number of nitrogens with two attached hydrogens (primary N) is 1. The topological polar surface area (TPSA) is 55.1 Å². The minimum absolute atomic E-state index is 0.00250. The van der Waals surface area contributed by atoms with Crippen LogP contribution in [-0.2, 0) is 0 Å². The summed E-state index contributed by atoms with van der Waals surface area (Å²) in [7, 11) is 0. The molecule has 0 radical (unpaired) electrons. The van der Waals surface area contributed by atoms with Crippen molar-refractivity contribution >= 4 is 5.91 Å². The van der Waals surface area contributed by atoms with E-state index in [1.807, 2.05) is 25.1 Å². The third kappa shape index (κ3) is 3.59. The molecule has 1 aliphatic rings. The molecule has 100 valence electrons. The van der Waals surface area contributed by atoms with Crippen molar-refractivity contribution in [1.82, 2.24) is 5.32 Å². The summed E-state index contributed by atoms with van der Waals surface area (Å²) in [6.45, 7) is 2.32. The zero-order valence-electron chi connectivity index (χ0n) is 11.3. The summed E-state index contributed by atoms with van der Waals surface area (Å²) in [4.78, 5) is 12.2. The van der Waals surface area contributed by atoms with Crippen molar-refractivity contribution in [2.24, 2.45) is 5.73 Å². The molecule has 2 rings (SSSR count). The maximum Gasteiger partial charge on any atom is 0.251 e. The minimum atomic E-state index is 0.00250. The Kier molecular flexibility index (Phi) is 4.59. The lowest BCUT2D eigenvalue weighted by atomic mass is 10.0. The molecule has 3 N–H and O–H groups in total. The Morgan fingerprint density at radius 3 is 2.84 bits per heavy atom. The molecule has 1 amide bonds. The van der Waals surface area contributed by atoms with Gasteiger partial charge in [-0.05, 0) is 37.5 Å². The fourth-order valence-corrected chi connectivity index (χ4v) is 2.38. The van der Waals surface area contributed by atoms with Gasteiger partial charge in [0.1, 0.15) is 0 Å². The summed E-state index contributed by atoms with van der Waals surface area (Å²) in [5.41, 5.74) is 8.01. The van der Waals surface area contributed by atoms with E-state index in [-0.39, 0.29) is 5.91 Å². The van der Waals surface area contributed by atoms with Gasteiger partial charge in [-0.25, -0.2) is 0 Å². The van der Waals surface area contributed by atoms with Gasteiger partial charge in [-0.3, -0.25) is 4.79 Å². The molecule has 0 spiro atoms. The quantitative estimate of drug-likeness (QED) is 0.795. The van der Waals surface area contributed by atoms with Gasteiger partial charge in [-0.15, -0.1) is 0 Å². The predicted octanol–water partition coefficient (Wildman–Crippen LogP) is 1.98. The van der Waals surface area contributed by atoms with E-state index in [4.69, 9.17) is 5.73 Å². The smallest absolute Gasteiger partial charge is 0.251 e. The summed E-state index contributed by atoms with van der Waals surface area (Å²) in [6, 6.07) is 5.98. The SMILES string of the molecule is Cc1ccc(C(=O)NC2CCCC2)cc1C#CCN. The molecule has 1 fully saturated rings. The maximum absolute atomic E-state index is 12.2. The van der Waals surface area contributed by atoms with Crippen LogP contribution in [-0.4, -0.2) is 18.5 Å². The Bertz CT molecular complexity index is 519. The molecule has 0 aliphatic heterocycles. The van der Waals surface area contributed by atoms with Crippen molar-refractivity contribution < 1.29 is 4.79 Å². The molecule has 0 unspecified atom stereocenters. The Morgan fingerprint density at radius 2 is 2.16 bits per heavy atom.